The molecule has 0 radical (unpaired) electrons. The van der Waals surface area contributed by atoms with Crippen LogP contribution in [-0.4, -0.2) is 58.8 Å². The van der Waals surface area contributed by atoms with Crippen molar-refractivity contribution >= 4 is 17.9 Å². The smallest absolute Gasteiger partial charge is 0.303 e. The molecule has 0 spiro atoms. The molecule has 0 unspecified atom stereocenters. The van der Waals surface area contributed by atoms with Gasteiger partial charge < -0.3 is 24.6 Å². The van der Waals surface area contributed by atoms with E-state index in [-0.39, 0.29) is 19.3 Å². The summed E-state index contributed by atoms with van der Waals surface area (Å²) < 4.78 is 0.531. The van der Waals surface area contributed by atoms with Crippen LogP contribution < -0.4 is 5.11 Å². The van der Waals surface area contributed by atoms with Gasteiger partial charge in [-0.2, -0.15) is 0 Å². The molecule has 0 saturated carbocycles. The van der Waals surface area contributed by atoms with Gasteiger partial charge in [0.05, 0.1) is 39.0 Å². The van der Waals surface area contributed by atoms with Crippen LogP contribution in [0.5, 0.6) is 0 Å². The third-order valence-electron chi connectivity index (χ3n) is 6.94. The van der Waals surface area contributed by atoms with E-state index >= 15 is 0 Å². The Morgan fingerprint density at radius 2 is 1.03 bits per heavy atom. The maximum Gasteiger partial charge on any atom is 0.303 e. The van der Waals surface area contributed by atoms with Gasteiger partial charge in [0.1, 0.15) is 0 Å². The predicted octanol–water partition coefficient (Wildman–Crippen LogP) is 5.71. The number of hydrogen-bond donors (Lipinski definition) is 2. The first-order valence-corrected chi connectivity index (χ1v) is 14.4. The van der Waals surface area contributed by atoms with Crippen molar-refractivity contribution < 1.29 is 34.2 Å². The molecule has 0 heterocycles. The van der Waals surface area contributed by atoms with Crippen LogP contribution in [0.15, 0.2) is 12.2 Å². The maximum absolute atomic E-state index is 11.0. The second-order valence-electron chi connectivity index (χ2n) is 10.3. The van der Waals surface area contributed by atoms with Crippen LogP contribution in [0, 0.1) is 0 Å². The molecule has 0 aromatic carbocycles. The lowest BCUT2D eigenvalue weighted by molar-refractivity contribution is -0.923. The van der Waals surface area contributed by atoms with E-state index in [1.807, 2.05) is 0 Å². The van der Waals surface area contributed by atoms with Gasteiger partial charge in [0.2, 0.25) is 0 Å². The highest BCUT2D eigenvalue weighted by Crippen LogP contribution is 2.16. The molecule has 0 fully saturated rings. The topological polar surface area (TPSA) is 115 Å². The first kappa shape index (κ1) is 34.1. The second-order valence-corrected chi connectivity index (χ2v) is 10.3. The van der Waals surface area contributed by atoms with Gasteiger partial charge in [0.25, 0.3) is 0 Å². The summed E-state index contributed by atoms with van der Waals surface area (Å²) in [7, 11) is 0. The summed E-state index contributed by atoms with van der Waals surface area (Å²) >= 11 is 0. The molecular weight excluding hydrogens is 458 g/mol. The van der Waals surface area contributed by atoms with Crippen LogP contribution >= 0.6 is 0 Å². The van der Waals surface area contributed by atoms with Gasteiger partial charge in [-0.25, -0.2) is 0 Å². The highest BCUT2D eigenvalue weighted by atomic mass is 16.4. The average Bonchev–Trinajstić information content (AvgIpc) is 2.80. The molecule has 36 heavy (non-hydrogen) atoms. The minimum absolute atomic E-state index is 0.0412. The summed E-state index contributed by atoms with van der Waals surface area (Å²) in [5.74, 6) is -2.79. The summed E-state index contributed by atoms with van der Waals surface area (Å²) in [6.45, 7) is 4.70. The van der Waals surface area contributed by atoms with Crippen LogP contribution in [0.25, 0.3) is 0 Å². The Morgan fingerprint density at radius 3 is 1.44 bits per heavy atom. The number of rotatable bonds is 27. The van der Waals surface area contributed by atoms with Crippen LogP contribution in [0.1, 0.15) is 129 Å². The van der Waals surface area contributed by atoms with E-state index in [0.29, 0.717) is 49.9 Å². The molecule has 0 rings (SSSR count). The van der Waals surface area contributed by atoms with Gasteiger partial charge in [-0.05, 0) is 25.3 Å². The van der Waals surface area contributed by atoms with Gasteiger partial charge in [0, 0.05) is 25.2 Å². The number of carboxylic acid groups (broad SMARTS) is 3. The highest BCUT2D eigenvalue weighted by Gasteiger charge is 2.26. The number of carbonyl (C=O) groups excluding carboxylic acids is 1. The number of aliphatic carboxylic acids is 3. The molecule has 0 aliphatic heterocycles. The molecule has 7 nitrogen and oxygen atoms in total. The van der Waals surface area contributed by atoms with E-state index in [0.717, 1.165) is 12.8 Å². The van der Waals surface area contributed by atoms with Crippen molar-refractivity contribution in [1.29, 1.82) is 0 Å². The zero-order chi connectivity index (χ0) is 26.9. The number of carboxylic acids is 3. The lowest BCUT2D eigenvalue weighted by Gasteiger charge is -2.38. The molecule has 0 aliphatic rings. The number of allylic oxidation sites excluding steroid dienone is 1. The highest BCUT2D eigenvalue weighted by molar-refractivity contribution is 5.66. The fourth-order valence-corrected chi connectivity index (χ4v) is 4.82. The van der Waals surface area contributed by atoms with Crippen LogP contribution in [-0.2, 0) is 14.4 Å². The molecule has 0 saturated heterocycles. The molecule has 0 bridgehead atoms. The Morgan fingerprint density at radius 1 is 0.611 bits per heavy atom. The molecule has 0 aromatic heterocycles. The van der Waals surface area contributed by atoms with Crippen molar-refractivity contribution in [2.75, 3.05) is 26.2 Å². The lowest BCUT2D eigenvalue weighted by atomic mass is 10.0. The van der Waals surface area contributed by atoms with Gasteiger partial charge in [-0.3, -0.25) is 9.59 Å². The Hall–Kier alpha value is -1.89. The Balaban J connectivity index is 4.42. The SMILES string of the molecule is CCCCCCCCCCCCCC/C=C/C[N+](CCCC(=O)[O-])(CCCC(=O)O)CCCC(=O)O. The molecule has 210 valence electrons. The van der Waals surface area contributed by atoms with Gasteiger partial charge in [-0.15, -0.1) is 0 Å². The Labute approximate surface area is 219 Å². The first-order valence-electron chi connectivity index (χ1n) is 14.4. The van der Waals surface area contributed by atoms with E-state index in [9.17, 15) is 19.5 Å². The molecule has 0 atom stereocenters. The summed E-state index contributed by atoms with van der Waals surface area (Å²) in [5, 5.41) is 29.0. The van der Waals surface area contributed by atoms with Crippen molar-refractivity contribution in [1.82, 2.24) is 0 Å². The number of carbonyl (C=O) groups is 3. The van der Waals surface area contributed by atoms with Crippen molar-refractivity contribution in [3.63, 3.8) is 0 Å². The predicted molar refractivity (Wildman–Crippen MR) is 143 cm³/mol. The Bertz CT molecular complexity index is 554. The van der Waals surface area contributed by atoms with Crippen LogP contribution in [0.2, 0.25) is 0 Å². The third-order valence-corrected chi connectivity index (χ3v) is 6.94. The number of hydrogen-bond acceptors (Lipinski definition) is 4. The van der Waals surface area contributed by atoms with Crippen LogP contribution in [0.3, 0.4) is 0 Å². The van der Waals surface area contributed by atoms with Crippen molar-refractivity contribution in [2.45, 2.75) is 129 Å². The average molecular weight is 512 g/mol. The monoisotopic (exact) mass is 511 g/mol. The van der Waals surface area contributed by atoms with Crippen LogP contribution in [0.4, 0.5) is 0 Å². The number of unbranched alkanes of at least 4 members (excludes halogenated alkanes) is 12. The quantitative estimate of drug-likeness (QED) is 0.0829. The van der Waals surface area contributed by atoms with Crippen molar-refractivity contribution in [3.8, 4) is 0 Å². The van der Waals surface area contributed by atoms with Crippen molar-refractivity contribution in [3.05, 3.63) is 12.2 Å². The van der Waals surface area contributed by atoms with Crippen molar-refractivity contribution in [2.24, 2.45) is 0 Å². The van der Waals surface area contributed by atoms with Gasteiger partial charge in [0.15, 0.2) is 0 Å². The minimum Gasteiger partial charge on any atom is -0.550 e. The lowest BCUT2D eigenvalue weighted by Crippen LogP contribution is -2.50. The number of nitrogens with zero attached hydrogens (tertiary/aromatic N) is 1. The molecule has 7 heteroatoms. The van der Waals surface area contributed by atoms with Gasteiger partial charge >= 0.3 is 11.9 Å². The maximum atomic E-state index is 11.0. The molecular formula is C29H53NO6. The fraction of sp³-hybridized carbons (Fsp3) is 0.828. The van der Waals surface area contributed by atoms with E-state index in [1.54, 1.807) is 0 Å². The minimum atomic E-state index is -1.09. The molecule has 0 aliphatic carbocycles. The second kappa shape index (κ2) is 23.5. The van der Waals surface area contributed by atoms with E-state index < -0.39 is 17.9 Å². The fourth-order valence-electron chi connectivity index (χ4n) is 4.82. The molecule has 0 amide bonds. The van der Waals surface area contributed by atoms with Gasteiger partial charge in [-0.1, -0.05) is 83.6 Å². The summed E-state index contributed by atoms with van der Waals surface area (Å²) in [6.07, 6.45) is 22.6. The zero-order valence-electron chi connectivity index (χ0n) is 22.9. The zero-order valence-corrected chi connectivity index (χ0v) is 22.9. The normalized spacial score (nSPS) is 11.8. The molecule has 2 N–H and O–H groups in total. The van der Waals surface area contributed by atoms with E-state index in [1.165, 1.54) is 70.6 Å². The summed E-state index contributed by atoms with van der Waals surface area (Å²) in [6, 6.07) is 0. The summed E-state index contributed by atoms with van der Waals surface area (Å²) in [4.78, 5) is 32.9. The largest absolute Gasteiger partial charge is 0.550 e. The summed E-state index contributed by atoms with van der Waals surface area (Å²) in [5.41, 5.74) is 0. The Kier molecular flexibility index (Phi) is 22.3. The standard InChI is InChI=1S/C29H53NO6/c1-2-3-4-5-6-7-8-9-10-11-12-13-14-15-16-23-30(24-17-20-27(31)32,25-18-21-28(33)34)26-19-22-29(35)36/h15-16H,2-14,17-26H2,1H3,(H2-,31,32,33,34,35,36)/b16-15+. The van der Waals surface area contributed by atoms with E-state index in [2.05, 4.69) is 19.1 Å². The van der Waals surface area contributed by atoms with E-state index in [4.69, 9.17) is 10.2 Å². The molecule has 0 aromatic rings. The third kappa shape index (κ3) is 22.6. The first-order chi connectivity index (χ1) is 17.3. The number of quaternary nitrogens is 1.